The summed E-state index contributed by atoms with van der Waals surface area (Å²) in [4.78, 5) is 17.0. The number of aromatic nitrogens is 3. The van der Waals surface area contributed by atoms with Crippen LogP contribution in [-0.4, -0.2) is 27.2 Å². The first kappa shape index (κ1) is 13.1. The van der Waals surface area contributed by atoms with Crippen LogP contribution in [-0.2, 0) is 4.74 Å². The van der Waals surface area contributed by atoms with Crippen molar-refractivity contribution in [1.82, 2.24) is 14.6 Å². The number of halogens is 1. The molecule has 0 atom stereocenters. The predicted molar refractivity (Wildman–Crippen MR) is 77.3 cm³/mol. The maximum atomic E-state index is 11.8. The van der Waals surface area contributed by atoms with Gasteiger partial charge in [-0.15, -0.1) is 11.3 Å². The van der Waals surface area contributed by atoms with E-state index in [9.17, 15) is 4.79 Å². The van der Waals surface area contributed by atoms with Gasteiger partial charge in [0.05, 0.1) is 27.7 Å². The van der Waals surface area contributed by atoms with E-state index in [0.717, 1.165) is 10.6 Å². The van der Waals surface area contributed by atoms with E-state index in [1.54, 1.807) is 17.6 Å². The summed E-state index contributed by atoms with van der Waals surface area (Å²) in [5.41, 5.74) is 1.67. The molecule has 0 fully saturated rings. The van der Waals surface area contributed by atoms with E-state index in [2.05, 4.69) is 10.1 Å². The van der Waals surface area contributed by atoms with E-state index in [0.29, 0.717) is 22.2 Å². The first-order chi connectivity index (χ1) is 9.70. The molecule has 20 heavy (non-hydrogen) atoms. The fourth-order valence-electron chi connectivity index (χ4n) is 1.88. The first-order valence-electron chi connectivity index (χ1n) is 5.96. The summed E-state index contributed by atoms with van der Waals surface area (Å²) >= 11 is 7.40. The van der Waals surface area contributed by atoms with Crippen LogP contribution in [0.2, 0.25) is 4.34 Å². The van der Waals surface area contributed by atoms with Crippen LogP contribution in [0.5, 0.6) is 0 Å². The van der Waals surface area contributed by atoms with E-state index in [4.69, 9.17) is 16.3 Å². The Kier molecular flexibility index (Phi) is 3.42. The van der Waals surface area contributed by atoms with E-state index in [1.165, 1.54) is 17.5 Å². The molecule has 5 nitrogen and oxygen atoms in total. The largest absolute Gasteiger partial charge is 0.462 e. The molecule has 0 bridgehead atoms. The third-order valence-corrected chi connectivity index (χ3v) is 3.98. The summed E-state index contributed by atoms with van der Waals surface area (Å²) in [5, 5.41) is 4.22. The molecule has 3 aromatic heterocycles. The molecule has 102 valence electrons. The van der Waals surface area contributed by atoms with E-state index in [1.807, 2.05) is 18.2 Å². The van der Waals surface area contributed by atoms with E-state index >= 15 is 0 Å². The van der Waals surface area contributed by atoms with Crippen LogP contribution in [0, 0.1) is 0 Å². The SMILES string of the molecule is CCOC(=O)c1cnn2c(-c3ccc(Cl)s3)ccnc12. The molecule has 0 saturated carbocycles. The zero-order valence-corrected chi connectivity index (χ0v) is 12.1. The van der Waals surface area contributed by atoms with Gasteiger partial charge in [0.15, 0.2) is 5.65 Å². The number of carbonyl (C=O) groups excluding carboxylic acids is 1. The van der Waals surface area contributed by atoms with Crippen LogP contribution in [0.25, 0.3) is 16.2 Å². The number of esters is 1. The Morgan fingerprint density at radius 1 is 1.45 bits per heavy atom. The second-order valence-corrected chi connectivity index (χ2v) is 5.66. The third-order valence-electron chi connectivity index (χ3n) is 2.72. The maximum Gasteiger partial charge on any atom is 0.343 e. The Labute approximate surface area is 123 Å². The van der Waals surface area contributed by atoms with Gasteiger partial charge in [-0.05, 0) is 25.1 Å². The van der Waals surface area contributed by atoms with Gasteiger partial charge in [-0.3, -0.25) is 0 Å². The molecule has 7 heteroatoms. The lowest BCUT2D eigenvalue weighted by Crippen LogP contribution is -2.05. The molecule has 0 aliphatic heterocycles. The summed E-state index contributed by atoms with van der Waals surface area (Å²) in [6.45, 7) is 2.08. The number of fused-ring (bicyclic) bond motifs is 1. The minimum absolute atomic E-state index is 0.316. The zero-order valence-electron chi connectivity index (χ0n) is 10.5. The molecule has 3 rings (SSSR count). The van der Waals surface area contributed by atoms with Gasteiger partial charge in [-0.25, -0.2) is 14.3 Å². The standard InChI is InChI=1S/C13H10ClN3O2S/c1-2-19-13(18)8-7-16-17-9(5-6-15-12(8)17)10-3-4-11(14)20-10/h3-7H,2H2,1H3. The summed E-state index contributed by atoms with van der Waals surface area (Å²) in [6.07, 6.45) is 3.11. The zero-order chi connectivity index (χ0) is 14.1. The van der Waals surface area contributed by atoms with Crippen LogP contribution >= 0.6 is 22.9 Å². The van der Waals surface area contributed by atoms with Gasteiger partial charge < -0.3 is 4.74 Å². The Balaban J connectivity index is 2.15. The van der Waals surface area contributed by atoms with Crippen molar-refractivity contribution in [2.75, 3.05) is 6.61 Å². The number of rotatable bonds is 3. The van der Waals surface area contributed by atoms with Gasteiger partial charge in [0.2, 0.25) is 0 Å². The molecule has 0 aliphatic rings. The van der Waals surface area contributed by atoms with Crippen LogP contribution < -0.4 is 0 Å². The molecule has 0 aliphatic carbocycles. The van der Waals surface area contributed by atoms with E-state index in [-0.39, 0.29) is 0 Å². The highest BCUT2D eigenvalue weighted by molar-refractivity contribution is 7.19. The summed E-state index contributed by atoms with van der Waals surface area (Å²) in [6, 6.07) is 5.56. The number of ether oxygens (including phenoxy) is 1. The van der Waals surface area contributed by atoms with E-state index < -0.39 is 5.97 Å². The molecule has 0 aromatic carbocycles. The topological polar surface area (TPSA) is 56.5 Å². The first-order valence-corrected chi connectivity index (χ1v) is 7.15. The molecular weight excluding hydrogens is 298 g/mol. The van der Waals surface area contributed by atoms with Gasteiger partial charge >= 0.3 is 5.97 Å². The average Bonchev–Trinajstić information content (AvgIpc) is 3.04. The Morgan fingerprint density at radius 2 is 2.30 bits per heavy atom. The molecule has 0 unspecified atom stereocenters. The summed E-state index contributed by atoms with van der Waals surface area (Å²) < 4.78 is 7.31. The van der Waals surface area contributed by atoms with Crippen molar-refractivity contribution in [3.63, 3.8) is 0 Å². The highest BCUT2D eigenvalue weighted by atomic mass is 35.5. The van der Waals surface area contributed by atoms with Crippen LogP contribution in [0.15, 0.2) is 30.6 Å². The normalized spacial score (nSPS) is 10.9. The van der Waals surface area contributed by atoms with Gasteiger partial charge in [0.1, 0.15) is 5.56 Å². The minimum atomic E-state index is -0.420. The minimum Gasteiger partial charge on any atom is -0.462 e. The molecule has 0 N–H and O–H groups in total. The van der Waals surface area contributed by atoms with Crippen LogP contribution in [0.3, 0.4) is 0 Å². The lowest BCUT2D eigenvalue weighted by molar-refractivity contribution is 0.0528. The van der Waals surface area contributed by atoms with Crippen molar-refractivity contribution in [3.8, 4) is 10.6 Å². The van der Waals surface area contributed by atoms with Crippen molar-refractivity contribution < 1.29 is 9.53 Å². The van der Waals surface area contributed by atoms with Crippen molar-refractivity contribution in [2.45, 2.75) is 6.92 Å². The summed E-state index contributed by atoms with van der Waals surface area (Å²) in [7, 11) is 0. The highest BCUT2D eigenvalue weighted by Gasteiger charge is 2.17. The number of hydrogen-bond donors (Lipinski definition) is 0. The van der Waals surface area contributed by atoms with Crippen molar-refractivity contribution in [2.24, 2.45) is 0 Å². The fourth-order valence-corrected chi connectivity index (χ4v) is 2.94. The number of carbonyl (C=O) groups is 1. The fraction of sp³-hybridized carbons (Fsp3) is 0.154. The van der Waals surface area contributed by atoms with Crippen LogP contribution in [0.4, 0.5) is 0 Å². The molecule has 3 heterocycles. The van der Waals surface area contributed by atoms with Gasteiger partial charge in [-0.2, -0.15) is 5.10 Å². The lowest BCUT2D eigenvalue weighted by Gasteiger charge is -2.02. The van der Waals surface area contributed by atoms with Crippen molar-refractivity contribution >= 4 is 34.6 Å². The predicted octanol–water partition coefficient (Wildman–Crippen LogP) is 3.29. The Morgan fingerprint density at radius 3 is 3.00 bits per heavy atom. The highest BCUT2D eigenvalue weighted by Crippen LogP contribution is 2.31. The molecule has 0 amide bonds. The number of nitrogens with zero attached hydrogens (tertiary/aromatic N) is 3. The smallest absolute Gasteiger partial charge is 0.343 e. The third kappa shape index (κ3) is 2.17. The second kappa shape index (κ2) is 5.22. The Hall–Kier alpha value is -1.92. The van der Waals surface area contributed by atoms with Crippen molar-refractivity contribution in [1.29, 1.82) is 0 Å². The van der Waals surface area contributed by atoms with Gasteiger partial charge in [0, 0.05) is 6.20 Å². The number of hydrogen-bond acceptors (Lipinski definition) is 5. The monoisotopic (exact) mass is 307 g/mol. The number of thiophene rings is 1. The molecule has 0 saturated heterocycles. The summed E-state index contributed by atoms with van der Waals surface area (Å²) in [5.74, 6) is -0.420. The molecular formula is C13H10ClN3O2S. The quantitative estimate of drug-likeness (QED) is 0.697. The van der Waals surface area contributed by atoms with Crippen molar-refractivity contribution in [3.05, 3.63) is 40.5 Å². The maximum absolute atomic E-state index is 11.8. The average molecular weight is 308 g/mol. The second-order valence-electron chi connectivity index (χ2n) is 3.95. The van der Waals surface area contributed by atoms with Gasteiger partial charge in [0.25, 0.3) is 0 Å². The van der Waals surface area contributed by atoms with Gasteiger partial charge in [-0.1, -0.05) is 11.6 Å². The van der Waals surface area contributed by atoms with Crippen LogP contribution in [0.1, 0.15) is 17.3 Å². The molecule has 0 radical (unpaired) electrons. The lowest BCUT2D eigenvalue weighted by atomic mass is 10.3. The Bertz CT molecular complexity index is 781. The molecule has 0 spiro atoms. The molecule has 3 aromatic rings.